The van der Waals surface area contributed by atoms with E-state index in [9.17, 15) is 13.2 Å². The summed E-state index contributed by atoms with van der Waals surface area (Å²) < 4.78 is 29.2. The first-order valence-electron chi connectivity index (χ1n) is 9.39. The molecule has 10 heteroatoms. The molecule has 0 aliphatic carbocycles. The number of pyridine rings is 1. The highest BCUT2D eigenvalue weighted by Crippen LogP contribution is 2.31. The van der Waals surface area contributed by atoms with Gasteiger partial charge in [-0.15, -0.1) is 0 Å². The van der Waals surface area contributed by atoms with E-state index in [4.69, 9.17) is 4.74 Å². The molecule has 9 nitrogen and oxygen atoms in total. The first-order valence-corrected chi connectivity index (χ1v) is 11.3. The summed E-state index contributed by atoms with van der Waals surface area (Å²) in [5, 5.41) is 3.18. The number of aromatic amines is 1. The quantitative estimate of drug-likeness (QED) is 0.595. The summed E-state index contributed by atoms with van der Waals surface area (Å²) in [4.78, 5) is 24.9. The van der Waals surface area contributed by atoms with Gasteiger partial charge in [0.2, 0.25) is 5.91 Å². The second-order valence-electron chi connectivity index (χ2n) is 7.03. The van der Waals surface area contributed by atoms with E-state index in [1.54, 1.807) is 29.6 Å². The second kappa shape index (κ2) is 8.15. The van der Waals surface area contributed by atoms with Gasteiger partial charge in [0.15, 0.2) is 14.9 Å². The number of rotatable bonds is 7. The summed E-state index contributed by atoms with van der Waals surface area (Å²) in [6.07, 6.45) is 7.19. The van der Waals surface area contributed by atoms with Crippen LogP contribution < -0.4 is 10.1 Å². The fourth-order valence-electron chi connectivity index (χ4n) is 3.21. The SMILES string of the molecule is CS(=O)(=O)c1ccc(Oc2ccc(Nc3c[nH]cn3)cc2CN2CCCC2=O)cn1. The fourth-order valence-corrected chi connectivity index (χ4v) is 3.77. The Labute approximate surface area is 174 Å². The van der Waals surface area contributed by atoms with Crippen LogP contribution in [0.2, 0.25) is 0 Å². The van der Waals surface area contributed by atoms with Gasteiger partial charge in [-0.3, -0.25) is 4.79 Å². The van der Waals surface area contributed by atoms with E-state index in [0.29, 0.717) is 36.8 Å². The van der Waals surface area contributed by atoms with Crippen molar-refractivity contribution < 1.29 is 17.9 Å². The third-order valence-corrected chi connectivity index (χ3v) is 5.68. The number of nitrogens with zero attached hydrogens (tertiary/aromatic N) is 3. The Hall–Kier alpha value is -3.40. The van der Waals surface area contributed by atoms with Crippen LogP contribution in [0.1, 0.15) is 18.4 Å². The van der Waals surface area contributed by atoms with E-state index >= 15 is 0 Å². The number of anilines is 2. The number of hydrogen-bond donors (Lipinski definition) is 2. The number of nitrogens with one attached hydrogen (secondary N) is 2. The van der Waals surface area contributed by atoms with Crippen LogP contribution in [0.5, 0.6) is 11.5 Å². The maximum absolute atomic E-state index is 12.1. The van der Waals surface area contributed by atoms with Crippen LogP contribution in [0.4, 0.5) is 11.5 Å². The molecule has 0 bridgehead atoms. The van der Waals surface area contributed by atoms with Gasteiger partial charge >= 0.3 is 0 Å². The van der Waals surface area contributed by atoms with Crippen LogP contribution in [0.3, 0.4) is 0 Å². The van der Waals surface area contributed by atoms with E-state index in [1.807, 2.05) is 12.1 Å². The summed E-state index contributed by atoms with van der Waals surface area (Å²) in [6.45, 7) is 1.12. The number of amides is 1. The zero-order chi connectivity index (χ0) is 21.1. The Bertz CT molecular complexity index is 1140. The number of hydrogen-bond acceptors (Lipinski definition) is 7. The van der Waals surface area contributed by atoms with Crippen molar-refractivity contribution in [1.29, 1.82) is 0 Å². The third-order valence-electron chi connectivity index (χ3n) is 4.68. The fraction of sp³-hybridized carbons (Fsp3) is 0.250. The predicted octanol–water partition coefficient (Wildman–Crippen LogP) is 2.87. The molecule has 156 valence electrons. The van der Waals surface area contributed by atoms with E-state index in [0.717, 1.165) is 23.9 Å². The summed E-state index contributed by atoms with van der Waals surface area (Å²) >= 11 is 0. The highest BCUT2D eigenvalue weighted by atomic mass is 32.2. The Morgan fingerprint density at radius 1 is 1.23 bits per heavy atom. The van der Waals surface area contributed by atoms with Crippen molar-refractivity contribution in [1.82, 2.24) is 19.9 Å². The average molecular weight is 427 g/mol. The second-order valence-corrected chi connectivity index (χ2v) is 8.99. The lowest BCUT2D eigenvalue weighted by Gasteiger charge is -2.19. The molecule has 2 aromatic heterocycles. The minimum Gasteiger partial charge on any atom is -0.455 e. The maximum Gasteiger partial charge on any atom is 0.222 e. The standard InChI is InChI=1S/C20H21N5O4S/c1-30(27,28)19-7-5-16(10-22-19)29-17-6-4-15(24-18-11-21-13-23-18)9-14(17)12-25-8-2-3-20(25)26/h4-7,9-11,13,24H,2-3,8,12H2,1H3,(H,21,23). The highest BCUT2D eigenvalue weighted by Gasteiger charge is 2.22. The largest absolute Gasteiger partial charge is 0.455 e. The average Bonchev–Trinajstić information content (AvgIpc) is 3.36. The van der Waals surface area contributed by atoms with Gasteiger partial charge in [-0.1, -0.05) is 0 Å². The van der Waals surface area contributed by atoms with Crippen LogP contribution in [-0.2, 0) is 21.2 Å². The van der Waals surface area contributed by atoms with Crippen molar-refractivity contribution in [2.24, 2.45) is 0 Å². The van der Waals surface area contributed by atoms with Gasteiger partial charge in [-0.05, 0) is 36.8 Å². The summed E-state index contributed by atoms with van der Waals surface area (Å²) in [7, 11) is -3.38. The molecule has 4 rings (SSSR count). The Morgan fingerprint density at radius 3 is 2.73 bits per heavy atom. The van der Waals surface area contributed by atoms with E-state index in [1.165, 1.54) is 12.3 Å². The van der Waals surface area contributed by atoms with E-state index < -0.39 is 9.84 Å². The number of carbonyl (C=O) groups is 1. The van der Waals surface area contributed by atoms with Crippen LogP contribution in [0.15, 0.2) is 54.1 Å². The minimum absolute atomic E-state index is 0.0173. The summed E-state index contributed by atoms with van der Waals surface area (Å²) in [5.74, 6) is 1.76. The number of sulfone groups is 1. The molecular weight excluding hydrogens is 406 g/mol. The number of benzene rings is 1. The Balaban J connectivity index is 1.60. The minimum atomic E-state index is -3.38. The molecule has 3 aromatic rings. The van der Waals surface area contributed by atoms with Crippen molar-refractivity contribution in [2.75, 3.05) is 18.1 Å². The first kappa shape index (κ1) is 19.9. The normalized spacial score (nSPS) is 14.2. The van der Waals surface area contributed by atoms with Crippen molar-refractivity contribution in [3.8, 4) is 11.5 Å². The summed E-state index contributed by atoms with van der Waals surface area (Å²) in [6, 6.07) is 8.52. The molecule has 1 aliphatic rings. The number of ether oxygens (including phenoxy) is 1. The molecule has 30 heavy (non-hydrogen) atoms. The molecule has 1 aromatic carbocycles. The van der Waals surface area contributed by atoms with Gasteiger partial charge in [0, 0.05) is 43.2 Å². The number of imidazole rings is 1. The lowest BCUT2D eigenvalue weighted by Crippen LogP contribution is -2.24. The van der Waals surface area contributed by atoms with Crippen molar-refractivity contribution in [3.05, 3.63) is 54.6 Å². The van der Waals surface area contributed by atoms with Gasteiger partial charge in [0.25, 0.3) is 0 Å². The molecule has 0 spiro atoms. The van der Waals surface area contributed by atoms with Crippen LogP contribution >= 0.6 is 0 Å². The smallest absolute Gasteiger partial charge is 0.222 e. The van der Waals surface area contributed by atoms with Crippen LogP contribution in [-0.4, -0.2) is 47.0 Å². The molecule has 1 amide bonds. The molecule has 0 radical (unpaired) electrons. The van der Waals surface area contributed by atoms with Gasteiger partial charge < -0.3 is 19.9 Å². The molecule has 1 fully saturated rings. The molecule has 1 aliphatic heterocycles. The van der Waals surface area contributed by atoms with Crippen molar-refractivity contribution in [3.63, 3.8) is 0 Å². The molecule has 0 saturated carbocycles. The first-order chi connectivity index (χ1) is 14.4. The van der Waals surface area contributed by atoms with Crippen molar-refractivity contribution in [2.45, 2.75) is 24.4 Å². The zero-order valence-corrected chi connectivity index (χ0v) is 17.1. The number of carbonyl (C=O) groups excluding carboxylic acids is 1. The highest BCUT2D eigenvalue weighted by molar-refractivity contribution is 7.90. The van der Waals surface area contributed by atoms with Crippen LogP contribution in [0.25, 0.3) is 0 Å². The summed E-state index contributed by atoms with van der Waals surface area (Å²) in [5.41, 5.74) is 1.62. The van der Waals surface area contributed by atoms with Crippen molar-refractivity contribution >= 4 is 27.2 Å². The van der Waals surface area contributed by atoms with E-state index in [2.05, 4.69) is 20.3 Å². The maximum atomic E-state index is 12.1. The number of likely N-dealkylation sites (tertiary alicyclic amines) is 1. The van der Waals surface area contributed by atoms with Gasteiger partial charge in [0.1, 0.15) is 17.3 Å². The van der Waals surface area contributed by atoms with Gasteiger partial charge in [-0.25, -0.2) is 18.4 Å². The van der Waals surface area contributed by atoms with Gasteiger partial charge in [-0.2, -0.15) is 0 Å². The molecule has 0 atom stereocenters. The monoisotopic (exact) mass is 427 g/mol. The number of H-pyrrole nitrogens is 1. The topological polar surface area (TPSA) is 117 Å². The Morgan fingerprint density at radius 2 is 2.10 bits per heavy atom. The van der Waals surface area contributed by atoms with E-state index in [-0.39, 0.29) is 10.9 Å². The van der Waals surface area contributed by atoms with Crippen LogP contribution in [0, 0.1) is 0 Å². The molecule has 1 saturated heterocycles. The molecule has 3 heterocycles. The van der Waals surface area contributed by atoms with Gasteiger partial charge in [0.05, 0.1) is 12.5 Å². The zero-order valence-electron chi connectivity index (χ0n) is 16.3. The Kier molecular flexibility index (Phi) is 5.40. The lowest BCUT2D eigenvalue weighted by molar-refractivity contribution is -0.128. The molecular formula is C20H21N5O4S. The molecule has 2 N–H and O–H groups in total. The predicted molar refractivity (Wildman–Crippen MR) is 110 cm³/mol. The third kappa shape index (κ3) is 4.60. The molecule has 0 unspecified atom stereocenters. The number of aromatic nitrogens is 3. The lowest BCUT2D eigenvalue weighted by atomic mass is 10.1.